The molecule has 0 atom stereocenters. The van der Waals surface area contributed by atoms with E-state index in [1.165, 1.54) is 0 Å². The molecule has 4 aromatic rings. The van der Waals surface area contributed by atoms with Gasteiger partial charge < -0.3 is 10.6 Å². The molecule has 0 fully saturated rings. The van der Waals surface area contributed by atoms with Gasteiger partial charge in [0.05, 0.1) is 6.20 Å². The number of aryl methyl sites for hydroxylation is 1. The molecule has 8 nitrogen and oxygen atoms in total. The van der Waals surface area contributed by atoms with Crippen LogP contribution in [0.15, 0.2) is 48.9 Å². The summed E-state index contributed by atoms with van der Waals surface area (Å²) in [5, 5.41) is 10.7. The monoisotopic (exact) mass is 348 g/mol. The fourth-order valence-electron chi connectivity index (χ4n) is 2.71. The SMILES string of the molecule is CCCNc1nc(Nc2ccnn2C)nc2c1ncn2-c1ccccc1. The van der Waals surface area contributed by atoms with E-state index in [2.05, 4.69) is 32.6 Å². The van der Waals surface area contributed by atoms with Crippen LogP contribution in [0.4, 0.5) is 17.6 Å². The van der Waals surface area contributed by atoms with Crippen LogP contribution in [0.5, 0.6) is 0 Å². The van der Waals surface area contributed by atoms with Crippen LogP contribution in [0.3, 0.4) is 0 Å². The largest absolute Gasteiger partial charge is 0.368 e. The fraction of sp³-hybridized carbons (Fsp3) is 0.222. The summed E-state index contributed by atoms with van der Waals surface area (Å²) in [4.78, 5) is 13.8. The van der Waals surface area contributed by atoms with Gasteiger partial charge in [0.2, 0.25) is 5.95 Å². The number of hydrogen-bond acceptors (Lipinski definition) is 6. The Hall–Kier alpha value is -3.42. The van der Waals surface area contributed by atoms with Gasteiger partial charge in [0.1, 0.15) is 12.1 Å². The fourth-order valence-corrected chi connectivity index (χ4v) is 2.71. The number of nitrogens with one attached hydrogen (secondary N) is 2. The summed E-state index contributed by atoms with van der Waals surface area (Å²) in [6.45, 7) is 2.93. The van der Waals surface area contributed by atoms with Crippen molar-refractivity contribution in [2.45, 2.75) is 13.3 Å². The molecule has 0 spiro atoms. The number of para-hydroxylation sites is 1. The smallest absolute Gasteiger partial charge is 0.232 e. The molecule has 0 aliphatic heterocycles. The minimum absolute atomic E-state index is 0.498. The molecule has 0 amide bonds. The van der Waals surface area contributed by atoms with Gasteiger partial charge in [0.15, 0.2) is 17.0 Å². The van der Waals surface area contributed by atoms with Crippen molar-refractivity contribution >= 4 is 28.7 Å². The van der Waals surface area contributed by atoms with Crippen molar-refractivity contribution in [1.82, 2.24) is 29.3 Å². The second-order valence-electron chi connectivity index (χ2n) is 5.91. The summed E-state index contributed by atoms with van der Waals surface area (Å²) in [5.74, 6) is 2.03. The maximum atomic E-state index is 4.69. The molecule has 132 valence electrons. The Morgan fingerprint density at radius 1 is 1.08 bits per heavy atom. The second-order valence-corrected chi connectivity index (χ2v) is 5.91. The zero-order chi connectivity index (χ0) is 17.9. The lowest BCUT2D eigenvalue weighted by Gasteiger charge is -2.10. The first-order chi connectivity index (χ1) is 12.8. The zero-order valence-electron chi connectivity index (χ0n) is 14.7. The number of nitrogens with zero attached hydrogens (tertiary/aromatic N) is 6. The minimum Gasteiger partial charge on any atom is -0.368 e. The van der Waals surface area contributed by atoms with E-state index in [1.54, 1.807) is 17.2 Å². The van der Waals surface area contributed by atoms with E-state index >= 15 is 0 Å². The Morgan fingerprint density at radius 3 is 2.65 bits per heavy atom. The first kappa shape index (κ1) is 16.1. The summed E-state index contributed by atoms with van der Waals surface area (Å²) in [6.07, 6.45) is 4.50. The maximum Gasteiger partial charge on any atom is 0.232 e. The molecule has 0 radical (unpaired) electrons. The van der Waals surface area contributed by atoms with Crippen LogP contribution in [-0.4, -0.2) is 35.8 Å². The number of aromatic nitrogens is 6. The highest BCUT2D eigenvalue weighted by Gasteiger charge is 2.15. The molecule has 0 unspecified atom stereocenters. The van der Waals surface area contributed by atoms with Crippen LogP contribution >= 0.6 is 0 Å². The summed E-state index contributed by atoms with van der Waals surface area (Å²) < 4.78 is 3.70. The standard InChI is InChI=1S/C18H20N8/c1-3-10-19-16-15-17(26(12-20-15)13-7-5-4-6-8-13)24-18(23-16)22-14-9-11-21-25(14)2/h4-9,11-12H,3,10H2,1-2H3,(H2,19,22,23,24). The molecule has 0 bridgehead atoms. The van der Waals surface area contributed by atoms with E-state index in [1.807, 2.05) is 48.0 Å². The Balaban J connectivity index is 1.83. The molecule has 0 aliphatic carbocycles. The molecule has 3 heterocycles. The van der Waals surface area contributed by atoms with Crippen LogP contribution in [0.25, 0.3) is 16.9 Å². The highest BCUT2D eigenvalue weighted by Crippen LogP contribution is 2.24. The predicted octanol–water partition coefficient (Wildman–Crippen LogP) is 3.11. The molecule has 0 saturated carbocycles. The van der Waals surface area contributed by atoms with Gasteiger partial charge >= 0.3 is 0 Å². The highest BCUT2D eigenvalue weighted by molar-refractivity contribution is 5.85. The van der Waals surface area contributed by atoms with Crippen molar-refractivity contribution in [2.75, 3.05) is 17.2 Å². The molecule has 2 N–H and O–H groups in total. The number of fused-ring (bicyclic) bond motifs is 1. The first-order valence-corrected chi connectivity index (χ1v) is 8.55. The molecule has 8 heteroatoms. The molecule has 0 saturated heterocycles. The molecule has 1 aromatic carbocycles. The van der Waals surface area contributed by atoms with E-state index in [-0.39, 0.29) is 0 Å². The van der Waals surface area contributed by atoms with Crippen molar-refractivity contribution in [2.24, 2.45) is 7.05 Å². The molecular weight excluding hydrogens is 328 g/mol. The van der Waals surface area contributed by atoms with E-state index in [4.69, 9.17) is 4.98 Å². The lowest BCUT2D eigenvalue weighted by molar-refractivity contribution is 0.775. The molecular formula is C18H20N8. The lowest BCUT2D eigenvalue weighted by Crippen LogP contribution is -2.08. The molecule has 3 aromatic heterocycles. The topological polar surface area (TPSA) is 85.5 Å². The van der Waals surface area contributed by atoms with Crippen LogP contribution in [-0.2, 0) is 7.05 Å². The number of anilines is 3. The molecule has 26 heavy (non-hydrogen) atoms. The molecule has 0 aliphatic rings. The summed E-state index contributed by atoms with van der Waals surface area (Å²) in [7, 11) is 1.87. The van der Waals surface area contributed by atoms with Crippen LogP contribution < -0.4 is 10.6 Å². The van der Waals surface area contributed by atoms with E-state index in [0.717, 1.165) is 41.5 Å². The van der Waals surface area contributed by atoms with Crippen molar-refractivity contribution in [1.29, 1.82) is 0 Å². The average Bonchev–Trinajstić information content (AvgIpc) is 3.27. The summed E-state index contributed by atoms with van der Waals surface area (Å²) >= 11 is 0. The Labute approximate surface area is 150 Å². The van der Waals surface area contributed by atoms with Gasteiger partial charge in [-0.2, -0.15) is 15.1 Å². The van der Waals surface area contributed by atoms with Gasteiger partial charge in [-0.15, -0.1) is 0 Å². The van der Waals surface area contributed by atoms with Gasteiger partial charge in [-0.25, -0.2) is 4.98 Å². The van der Waals surface area contributed by atoms with Crippen molar-refractivity contribution in [3.63, 3.8) is 0 Å². The zero-order valence-corrected chi connectivity index (χ0v) is 14.7. The number of imidazole rings is 1. The second kappa shape index (κ2) is 6.83. The van der Waals surface area contributed by atoms with E-state index in [9.17, 15) is 0 Å². The van der Waals surface area contributed by atoms with Crippen LogP contribution in [0.2, 0.25) is 0 Å². The maximum absolute atomic E-state index is 4.69. The minimum atomic E-state index is 0.498. The number of rotatable bonds is 6. The Morgan fingerprint density at radius 2 is 1.92 bits per heavy atom. The number of hydrogen-bond donors (Lipinski definition) is 2. The third-order valence-corrected chi connectivity index (χ3v) is 4.03. The van der Waals surface area contributed by atoms with E-state index < -0.39 is 0 Å². The Bertz CT molecular complexity index is 1020. The van der Waals surface area contributed by atoms with Crippen LogP contribution in [0.1, 0.15) is 13.3 Å². The van der Waals surface area contributed by atoms with Gasteiger partial charge in [0.25, 0.3) is 0 Å². The van der Waals surface area contributed by atoms with Gasteiger partial charge in [-0.3, -0.25) is 9.25 Å². The third kappa shape index (κ3) is 2.97. The molecule has 4 rings (SSSR count). The summed E-state index contributed by atoms with van der Waals surface area (Å²) in [5.41, 5.74) is 2.49. The van der Waals surface area contributed by atoms with Crippen LogP contribution in [0, 0.1) is 0 Å². The van der Waals surface area contributed by atoms with Gasteiger partial charge in [-0.05, 0) is 18.6 Å². The first-order valence-electron chi connectivity index (χ1n) is 8.55. The third-order valence-electron chi connectivity index (χ3n) is 4.03. The predicted molar refractivity (Wildman–Crippen MR) is 102 cm³/mol. The van der Waals surface area contributed by atoms with Crippen molar-refractivity contribution in [3.05, 3.63) is 48.9 Å². The lowest BCUT2D eigenvalue weighted by atomic mass is 10.3. The quantitative estimate of drug-likeness (QED) is 0.557. The van der Waals surface area contributed by atoms with Crippen molar-refractivity contribution in [3.8, 4) is 5.69 Å². The average molecular weight is 348 g/mol. The normalized spacial score (nSPS) is 11.0. The van der Waals surface area contributed by atoms with Gasteiger partial charge in [-0.1, -0.05) is 25.1 Å². The van der Waals surface area contributed by atoms with Crippen molar-refractivity contribution < 1.29 is 0 Å². The van der Waals surface area contributed by atoms with E-state index in [0.29, 0.717) is 5.95 Å². The highest BCUT2D eigenvalue weighted by atomic mass is 15.3. The van der Waals surface area contributed by atoms with Gasteiger partial charge in [0, 0.05) is 25.3 Å². The Kier molecular flexibility index (Phi) is 4.22. The number of benzene rings is 1. The summed E-state index contributed by atoms with van der Waals surface area (Å²) in [6, 6.07) is 11.9.